The fraction of sp³-hybridized carbons (Fsp3) is 0.167. The van der Waals surface area contributed by atoms with Crippen LogP contribution in [0.1, 0.15) is 13.0 Å². The van der Waals surface area contributed by atoms with Crippen molar-refractivity contribution in [1.29, 1.82) is 0 Å². The van der Waals surface area contributed by atoms with Crippen molar-refractivity contribution in [2.45, 2.75) is 13.0 Å². The van der Waals surface area contributed by atoms with Crippen molar-refractivity contribution in [3.05, 3.63) is 46.8 Å². The molecule has 1 heterocycles. The van der Waals surface area contributed by atoms with Gasteiger partial charge in [0.2, 0.25) is 0 Å². The van der Waals surface area contributed by atoms with Gasteiger partial charge in [-0.05, 0) is 24.4 Å². The zero-order valence-electron chi connectivity index (χ0n) is 9.37. The first-order valence-corrected chi connectivity index (χ1v) is 5.23. The number of hydrogen-bond donors (Lipinski definition) is 2. The lowest BCUT2D eigenvalue weighted by Crippen LogP contribution is -2.32. The smallest absolute Gasteiger partial charge is 0.251 e. The molecule has 2 aromatic rings. The topological polar surface area (TPSA) is 80.6 Å². The number of nitrogens with zero attached hydrogens (tertiary/aromatic N) is 2. The van der Waals surface area contributed by atoms with E-state index in [9.17, 15) is 4.79 Å². The lowest BCUT2D eigenvalue weighted by molar-refractivity contribution is 0.314. The zero-order valence-corrected chi connectivity index (χ0v) is 9.37. The maximum Gasteiger partial charge on any atom is 0.251 e. The van der Waals surface area contributed by atoms with Crippen LogP contribution in [0.4, 0.5) is 0 Å². The molecule has 0 amide bonds. The molecule has 1 aromatic carbocycles. The molecule has 0 aliphatic rings. The van der Waals surface area contributed by atoms with Gasteiger partial charge < -0.3 is 10.9 Å². The molecule has 0 saturated heterocycles. The van der Waals surface area contributed by atoms with E-state index in [1.54, 1.807) is 13.0 Å². The summed E-state index contributed by atoms with van der Waals surface area (Å²) >= 11 is 0. The van der Waals surface area contributed by atoms with Crippen LogP contribution in [0, 0.1) is 0 Å². The van der Waals surface area contributed by atoms with E-state index in [4.69, 9.17) is 10.9 Å². The number of oxime groups is 1. The number of nitrogens with two attached hydrogens (primary N) is 1. The number of amidine groups is 1. The van der Waals surface area contributed by atoms with Gasteiger partial charge in [0.1, 0.15) is 0 Å². The summed E-state index contributed by atoms with van der Waals surface area (Å²) in [6.07, 6.45) is 0. The third kappa shape index (κ3) is 1.87. The summed E-state index contributed by atoms with van der Waals surface area (Å²) in [4.78, 5) is 11.9. The molecular weight excluding hydrogens is 218 g/mol. The van der Waals surface area contributed by atoms with E-state index in [1.807, 2.05) is 24.3 Å². The fourth-order valence-corrected chi connectivity index (χ4v) is 1.82. The summed E-state index contributed by atoms with van der Waals surface area (Å²) in [5.41, 5.74) is 6.13. The van der Waals surface area contributed by atoms with Crippen LogP contribution < -0.4 is 11.3 Å². The average molecular weight is 231 g/mol. The first-order valence-electron chi connectivity index (χ1n) is 5.23. The van der Waals surface area contributed by atoms with Crippen LogP contribution in [-0.4, -0.2) is 15.6 Å². The molecule has 5 nitrogen and oxygen atoms in total. The Morgan fingerprint density at radius 2 is 2.06 bits per heavy atom. The number of benzene rings is 1. The lowest BCUT2D eigenvalue weighted by atomic mass is 10.2. The van der Waals surface area contributed by atoms with Crippen molar-refractivity contribution in [3.8, 4) is 0 Å². The maximum absolute atomic E-state index is 11.9. The minimum Gasteiger partial charge on any atom is -0.409 e. The minimum absolute atomic E-state index is 0.00320. The lowest BCUT2D eigenvalue weighted by Gasteiger charge is -2.16. The summed E-state index contributed by atoms with van der Waals surface area (Å²) in [5.74, 6) is 0.00320. The van der Waals surface area contributed by atoms with Gasteiger partial charge >= 0.3 is 0 Å². The molecule has 3 N–H and O–H groups in total. The minimum atomic E-state index is -0.487. The Bertz CT molecular complexity index is 631. The third-order valence-corrected chi connectivity index (χ3v) is 2.77. The second kappa shape index (κ2) is 4.29. The molecule has 1 aromatic heterocycles. The van der Waals surface area contributed by atoms with Crippen LogP contribution >= 0.6 is 0 Å². The van der Waals surface area contributed by atoms with Gasteiger partial charge in [-0.3, -0.25) is 9.36 Å². The largest absolute Gasteiger partial charge is 0.409 e. The molecule has 0 aliphatic heterocycles. The molecule has 0 radical (unpaired) electrons. The monoisotopic (exact) mass is 231 g/mol. The van der Waals surface area contributed by atoms with Crippen molar-refractivity contribution >= 4 is 16.7 Å². The van der Waals surface area contributed by atoms with E-state index >= 15 is 0 Å². The molecule has 1 unspecified atom stereocenters. The van der Waals surface area contributed by atoms with Gasteiger partial charge in [-0.2, -0.15) is 0 Å². The highest BCUT2D eigenvalue weighted by Crippen LogP contribution is 2.15. The SMILES string of the molecule is CC(/C(N)=N/O)n1c(=O)ccc2ccccc21. The summed E-state index contributed by atoms with van der Waals surface area (Å²) in [6.45, 7) is 1.71. The molecule has 0 fully saturated rings. The van der Waals surface area contributed by atoms with E-state index in [-0.39, 0.29) is 11.4 Å². The summed E-state index contributed by atoms with van der Waals surface area (Å²) < 4.78 is 1.50. The molecule has 2 rings (SSSR count). The van der Waals surface area contributed by atoms with E-state index in [2.05, 4.69) is 5.16 Å². The fourth-order valence-electron chi connectivity index (χ4n) is 1.82. The first-order chi connectivity index (χ1) is 8.15. The van der Waals surface area contributed by atoms with Gasteiger partial charge in [0.05, 0.1) is 11.6 Å². The van der Waals surface area contributed by atoms with Gasteiger partial charge in [-0.1, -0.05) is 23.4 Å². The Morgan fingerprint density at radius 3 is 2.76 bits per heavy atom. The van der Waals surface area contributed by atoms with Crippen LogP contribution in [0.2, 0.25) is 0 Å². The van der Waals surface area contributed by atoms with Crippen LogP contribution in [0.25, 0.3) is 10.9 Å². The highest BCUT2D eigenvalue weighted by Gasteiger charge is 2.13. The molecule has 0 aliphatic carbocycles. The molecule has 17 heavy (non-hydrogen) atoms. The van der Waals surface area contributed by atoms with E-state index in [1.165, 1.54) is 10.6 Å². The molecule has 0 bridgehead atoms. The molecule has 88 valence electrons. The molecular formula is C12H13N3O2. The van der Waals surface area contributed by atoms with Crippen molar-refractivity contribution < 1.29 is 5.21 Å². The van der Waals surface area contributed by atoms with Gasteiger partial charge in [0, 0.05) is 6.07 Å². The Labute approximate surface area is 97.8 Å². The quantitative estimate of drug-likeness (QED) is 0.354. The first kappa shape index (κ1) is 11.2. The Balaban J connectivity index is 2.75. The predicted octanol–water partition coefficient (Wildman–Crippen LogP) is 1.31. The van der Waals surface area contributed by atoms with Crippen LogP contribution in [0.15, 0.2) is 46.3 Å². The summed E-state index contributed by atoms with van der Waals surface area (Å²) in [5, 5.41) is 12.6. The van der Waals surface area contributed by atoms with Gasteiger partial charge in [0.15, 0.2) is 5.84 Å². The number of aromatic nitrogens is 1. The summed E-state index contributed by atoms with van der Waals surface area (Å²) in [6, 6.07) is 10.2. The zero-order chi connectivity index (χ0) is 12.4. The molecule has 0 saturated carbocycles. The second-order valence-electron chi connectivity index (χ2n) is 3.80. The normalized spacial score (nSPS) is 13.8. The van der Waals surface area contributed by atoms with Crippen LogP contribution in [0.3, 0.4) is 0 Å². The van der Waals surface area contributed by atoms with Crippen LogP contribution in [-0.2, 0) is 0 Å². The Kier molecular flexibility index (Phi) is 2.82. The number of hydrogen-bond acceptors (Lipinski definition) is 3. The molecule has 0 spiro atoms. The highest BCUT2D eigenvalue weighted by molar-refractivity contribution is 5.86. The third-order valence-electron chi connectivity index (χ3n) is 2.77. The standard InChI is InChI=1S/C12H13N3O2/c1-8(12(13)14-17)15-10-5-3-2-4-9(10)6-7-11(15)16/h2-8,17H,1H3,(H2,13,14). The number of rotatable bonds is 2. The van der Waals surface area contributed by atoms with Crippen LogP contribution in [0.5, 0.6) is 0 Å². The van der Waals surface area contributed by atoms with Gasteiger partial charge in [0.25, 0.3) is 5.56 Å². The van der Waals surface area contributed by atoms with Crippen molar-refractivity contribution in [3.63, 3.8) is 0 Å². The average Bonchev–Trinajstić information content (AvgIpc) is 2.37. The van der Waals surface area contributed by atoms with E-state index in [0.717, 1.165) is 10.9 Å². The maximum atomic E-state index is 11.9. The Hall–Kier alpha value is -2.30. The van der Waals surface area contributed by atoms with Gasteiger partial charge in [-0.15, -0.1) is 0 Å². The van der Waals surface area contributed by atoms with Crippen molar-refractivity contribution in [2.75, 3.05) is 0 Å². The molecule has 5 heteroatoms. The predicted molar refractivity (Wildman–Crippen MR) is 66.3 cm³/mol. The van der Waals surface area contributed by atoms with Crippen molar-refractivity contribution in [2.24, 2.45) is 10.9 Å². The Morgan fingerprint density at radius 1 is 1.35 bits per heavy atom. The molecule has 1 atom stereocenters. The second-order valence-corrected chi connectivity index (χ2v) is 3.80. The van der Waals surface area contributed by atoms with E-state index < -0.39 is 6.04 Å². The number of pyridine rings is 1. The van der Waals surface area contributed by atoms with Gasteiger partial charge in [-0.25, -0.2) is 0 Å². The van der Waals surface area contributed by atoms with E-state index in [0.29, 0.717) is 0 Å². The van der Waals surface area contributed by atoms with Crippen molar-refractivity contribution in [1.82, 2.24) is 4.57 Å². The highest BCUT2D eigenvalue weighted by atomic mass is 16.4. The number of fused-ring (bicyclic) bond motifs is 1. The summed E-state index contributed by atoms with van der Waals surface area (Å²) in [7, 11) is 0. The number of para-hydroxylation sites is 1.